The third-order valence-corrected chi connectivity index (χ3v) is 2.95. The number of hydrogen-bond donors (Lipinski definition) is 0. The van der Waals surface area contributed by atoms with Crippen LogP contribution in [-0.4, -0.2) is 5.97 Å². The second-order valence-electron chi connectivity index (χ2n) is 4.01. The van der Waals surface area contributed by atoms with E-state index in [0.717, 1.165) is 18.4 Å². The average Bonchev–Trinajstić information content (AvgIpc) is 2.57. The van der Waals surface area contributed by atoms with Crippen LogP contribution in [0.15, 0.2) is 36.9 Å². The van der Waals surface area contributed by atoms with Crippen LogP contribution in [-0.2, 0) is 21.6 Å². The van der Waals surface area contributed by atoms with Gasteiger partial charge < -0.3 is 4.74 Å². The van der Waals surface area contributed by atoms with Crippen molar-refractivity contribution in [2.75, 3.05) is 0 Å². The molecule has 78 valence electrons. The van der Waals surface area contributed by atoms with Crippen molar-refractivity contribution in [3.8, 4) is 0 Å². The number of carbonyl (C=O) groups is 1. The van der Waals surface area contributed by atoms with Crippen molar-refractivity contribution in [2.24, 2.45) is 0 Å². The highest BCUT2D eigenvalue weighted by molar-refractivity contribution is 5.81. The summed E-state index contributed by atoms with van der Waals surface area (Å²) in [5, 5.41) is 0. The molecule has 0 fully saturated rings. The van der Waals surface area contributed by atoms with Gasteiger partial charge in [0, 0.05) is 6.08 Å². The first kappa shape index (κ1) is 9.97. The van der Waals surface area contributed by atoms with Crippen LogP contribution in [0.3, 0.4) is 0 Å². The molecule has 1 aliphatic rings. The van der Waals surface area contributed by atoms with Crippen molar-refractivity contribution >= 4 is 5.97 Å². The van der Waals surface area contributed by atoms with Gasteiger partial charge >= 0.3 is 5.97 Å². The van der Waals surface area contributed by atoms with Crippen LogP contribution < -0.4 is 0 Å². The van der Waals surface area contributed by atoms with E-state index in [2.05, 4.69) is 12.6 Å². The fraction of sp³-hybridized carbons (Fsp3) is 0.308. The lowest BCUT2D eigenvalue weighted by Gasteiger charge is -2.25. The van der Waals surface area contributed by atoms with E-state index in [0.29, 0.717) is 0 Å². The Labute approximate surface area is 89.6 Å². The van der Waals surface area contributed by atoms with E-state index in [-0.39, 0.29) is 5.97 Å². The zero-order valence-corrected chi connectivity index (χ0v) is 8.82. The molecule has 0 N–H and O–H groups in total. The van der Waals surface area contributed by atoms with Gasteiger partial charge in [-0.15, -0.1) is 0 Å². The molecule has 1 atom stereocenters. The predicted molar refractivity (Wildman–Crippen MR) is 58.4 cm³/mol. The maximum atomic E-state index is 11.2. The van der Waals surface area contributed by atoms with E-state index in [9.17, 15) is 4.79 Å². The zero-order valence-electron chi connectivity index (χ0n) is 8.82. The summed E-state index contributed by atoms with van der Waals surface area (Å²) in [6, 6.07) is 8.10. The largest absolute Gasteiger partial charge is 0.451 e. The average molecular weight is 202 g/mol. The summed E-state index contributed by atoms with van der Waals surface area (Å²) in [6.45, 7) is 5.37. The Bertz CT molecular complexity index is 409. The molecule has 2 rings (SSSR count). The van der Waals surface area contributed by atoms with E-state index in [4.69, 9.17) is 4.74 Å². The Morgan fingerprint density at radius 2 is 2.27 bits per heavy atom. The lowest BCUT2D eigenvalue weighted by Crippen LogP contribution is -2.25. The summed E-state index contributed by atoms with van der Waals surface area (Å²) in [5.74, 6) is -0.353. The van der Waals surface area contributed by atoms with Gasteiger partial charge in [-0.05, 0) is 30.9 Å². The van der Waals surface area contributed by atoms with Gasteiger partial charge in [-0.3, -0.25) is 0 Å². The molecule has 1 aromatic carbocycles. The van der Waals surface area contributed by atoms with Gasteiger partial charge in [-0.1, -0.05) is 30.8 Å². The summed E-state index contributed by atoms with van der Waals surface area (Å²) < 4.78 is 5.42. The predicted octanol–water partition coefficient (Wildman–Crippen LogP) is 2.58. The van der Waals surface area contributed by atoms with Gasteiger partial charge in [0.1, 0.15) is 5.60 Å². The summed E-state index contributed by atoms with van der Waals surface area (Å²) in [7, 11) is 0. The zero-order chi connectivity index (χ0) is 10.9. The Morgan fingerprint density at radius 3 is 3.00 bits per heavy atom. The monoisotopic (exact) mass is 202 g/mol. The molecular weight excluding hydrogens is 188 g/mol. The summed E-state index contributed by atoms with van der Waals surface area (Å²) >= 11 is 0. The summed E-state index contributed by atoms with van der Waals surface area (Å²) in [6.07, 6.45) is 3.04. The van der Waals surface area contributed by atoms with Gasteiger partial charge in [0.25, 0.3) is 0 Å². The van der Waals surface area contributed by atoms with Gasteiger partial charge in [-0.2, -0.15) is 0 Å². The molecule has 0 spiro atoms. The molecule has 0 amide bonds. The van der Waals surface area contributed by atoms with Crippen LogP contribution >= 0.6 is 0 Å². The molecule has 0 heterocycles. The van der Waals surface area contributed by atoms with Crippen molar-refractivity contribution in [3.63, 3.8) is 0 Å². The highest BCUT2D eigenvalue weighted by Gasteiger charge is 2.36. The first-order valence-electron chi connectivity index (χ1n) is 5.09. The number of fused-ring (bicyclic) bond motifs is 1. The number of esters is 1. The molecule has 0 radical (unpaired) electrons. The van der Waals surface area contributed by atoms with Crippen LogP contribution in [0.2, 0.25) is 0 Å². The van der Waals surface area contributed by atoms with Crippen LogP contribution in [0.1, 0.15) is 24.5 Å². The molecule has 0 aromatic heterocycles. The number of ether oxygens (including phenoxy) is 1. The quantitative estimate of drug-likeness (QED) is 0.544. The second-order valence-corrected chi connectivity index (χ2v) is 4.01. The van der Waals surface area contributed by atoms with E-state index < -0.39 is 5.60 Å². The maximum Gasteiger partial charge on any atom is 0.331 e. The van der Waals surface area contributed by atoms with E-state index >= 15 is 0 Å². The Hall–Kier alpha value is -1.57. The van der Waals surface area contributed by atoms with Gasteiger partial charge in [0.05, 0.1) is 0 Å². The first-order valence-corrected chi connectivity index (χ1v) is 5.09. The number of benzene rings is 1. The van der Waals surface area contributed by atoms with Crippen molar-refractivity contribution in [3.05, 3.63) is 48.0 Å². The summed E-state index contributed by atoms with van der Waals surface area (Å²) in [4.78, 5) is 11.2. The van der Waals surface area contributed by atoms with E-state index in [1.165, 1.54) is 11.6 Å². The molecule has 15 heavy (non-hydrogen) atoms. The van der Waals surface area contributed by atoms with Crippen molar-refractivity contribution < 1.29 is 9.53 Å². The minimum absolute atomic E-state index is 0.353. The summed E-state index contributed by atoms with van der Waals surface area (Å²) in [5.41, 5.74) is 1.93. The molecule has 1 unspecified atom stereocenters. The first-order chi connectivity index (χ1) is 7.15. The highest BCUT2D eigenvalue weighted by Crippen LogP contribution is 2.39. The lowest BCUT2D eigenvalue weighted by atomic mass is 9.98. The van der Waals surface area contributed by atoms with Crippen molar-refractivity contribution in [2.45, 2.75) is 25.4 Å². The number of carbonyl (C=O) groups excluding carboxylic acids is 1. The third kappa shape index (κ3) is 1.67. The SMILES string of the molecule is C=CC(=O)OC1(C)CCc2ccccc21. The number of aryl methyl sites for hydroxylation is 1. The highest BCUT2D eigenvalue weighted by atomic mass is 16.6. The molecule has 0 saturated heterocycles. The normalized spacial score (nSPS) is 23.3. The molecule has 1 aliphatic carbocycles. The van der Waals surface area contributed by atoms with Gasteiger partial charge in [0.2, 0.25) is 0 Å². The third-order valence-electron chi connectivity index (χ3n) is 2.95. The Balaban J connectivity index is 2.32. The molecule has 2 nitrogen and oxygen atoms in total. The second kappa shape index (κ2) is 3.54. The minimum atomic E-state index is -0.470. The van der Waals surface area contributed by atoms with Crippen molar-refractivity contribution in [1.29, 1.82) is 0 Å². The van der Waals surface area contributed by atoms with Crippen molar-refractivity contribution in [1.82, 2.24) is 0 Å². The standard InChI is InChI=1S/C13H14O2/c1-3-12(14)15-13(2)9-8-10-6-4-5-7-11(10)13/h3-7H,1,8-9H2,2H3. The topological polar surface area (TPSA) is 26.3 Å². The fourth-order valence-electron chi connectivity index (χ4n) is 2.13. The maximum absolute atomic E-state index is 11.2. The molecule has 2 heteroatoms. The minimum Gasteiger partial charge on any atom is -0.451 e. The van der Waals surface area contributed by atoms with Gasteiger partial charge in [0.15, 0.2) is 0 Å². The smallest absolute Gasteiger partial charge is 0.331 e. The Kier molecular flexibility index (Phi) is 2.35. The van der Waals surface area contributed by atoms with E-state index in [1.54, 1.807) is 0 Å². The van der Waals surface area contributed by atoms with Crippen LogP contribution in [0.4, 0.5) is 0 Å². The van der Waals surface area contributed by atoms with Crippen LogP contribution in [0.5, 0.6) is 0 Å². The Morgan fingerprint density at radius 1 is 1.53 bits per heavy atom. The molecule has 0 saturated carbocycles. The van der Waals surface area contributed by atoms with Crippen LogP contribution in [0, 0.1) is 0 Å². The fourth-order valence-corrected chi connectivity index (χ4v) is 2.13. The van der Waals surface area contributed by atoms with Crippen LogP contribution in [0.25, 0.3) is 0 Å². The number of hydrogen-bond acceptors (Lipinski definition) is 2. The molecule has 1 aromatic rings. The van der Waals surface area contributed by atoms with E-state index in [1.807, 2.05) is 25.1 Å². The molecule has 0 bridgehead atoms. The van der Waals surface area contributed by atoms with Gasteiger partial charge in [-0.25, -0.2) is 4.79 Å². The lowest BCUT2D eigenvalue weighted by molar-refractivity contribution is -0.152. The molecule has 0 aliphatic heterocycles. The number of rotatable bonds is 2. The molecular formula is C13H14O2.